The van der Waals surface area contributed by atoms with E-state index in [-0.39, 0.29) is 5.75 Å². The number of unbranched alkanes of at least 4 members (excludes halogenated alkanes) is 3. The van der Waals surface area contributed by atoms with E-state index in [1.165, 1.54) is 6.92 Å². The standard InChI is InChI=1S/C42H57Cl3N4O13Si/c1-7-10-23-63(24-11-8-2,25-12-9-3)62-36-31(54-26(4)50)30(48-49-47)38(60-40(36)57-29-21-17-14-18-22-29)58-32-33(56-28-19-15-13-16-20-28)35(55-27(5)51)39(59-34(32)37(52)53-6)61-41(46)42(43,44)45/h13-22,30-36,38-40,46H,7-12,23-25H2,1-6H3/t30-,31-,32-,33+,34+,35-,36+,38-,39-,40+/m1/s1. The Balaban J connectivity index is 1.93. The lowest BCUT2D eigenvalue weighted by molar-refractivity contribution is -0.345. The fourth-order valence-corrected chi connectivity index (χ4v) is 12.5. The molecule has 0 aromatic heterocycles. The van der Waals surface area contributed by atoms with Crippen LogP contribution >= 0.6 is 34.8 Å². The van der Waals surface area contributed by atoms with Crippen molar-refractivity contribution < 1.29 is 61.4 Å². The summed E-state index contributed by atoms with van der Waals surface area (Å²) in [7, 11) is -1.61. The molecule has 2 fully saturated rings. The molecule has 2 aromatic carbocycles. The Morgan fingerprint density at radius 2 is 1.25 bits per heavy atom. The zero-order valence-corrected chi connectivity index (χ0v) is 39.5. The highest BCUT2D eigenvalue weighted by molar-refractivity contribution is 6.76. The number of methoxy groups -OCH3 is 1. The monoisotopic (exact) mass is 958 g/mol. The number of hydrogen-bond acceptors (Lipinski definition) is 15. The van der Waals surface area contributed by atoms with Crippen molar-refractivity contribution in [2.75, 3.05) is 7.11 Å². The third-order valence-electron chi connectivity index (χ3n) is 10.3. The maximum atomic E-state index is 13.8. The lowest BCUT2D eigenvalue weighted by Gasteiger charge is -2.49. The van der Waals surface area contributed by atoms with E-state index in [9.17, 15) is 19.9 Å². The van der Waals surface area contributed by atoms with Crippen LogP contribution in [0.3, 0.4) is 0 Å². The first-order valence-corrected chi connectivity index (χ1v) is 24.6. The molecule has 2 aromatic rings. The molecule has 348 valence electrons. The summed E-state index contributed by atoms with van der Waals surface area (Å²) in [5.41, 5.74) is 10.1. The second kappa shape index (κ2) is 25.0. The molecule has 1 N–H and O–H groups in total. The molecule has 17 nitrogen and oxygen atoms in total. The lowest BCUT2D eigenvalue weighted by Crippen LogP contribution is -2.68. The van der Waals surface area contributed by atoms with Gasteiger partial charge in [-0.2, -0.15) is 0 Å². The van der Waals surface area contributed by atoms with Crippen molar-refractivity contribution in [2.24, 2.45) is 5.11 Å². The average molecular weight is 960 g/mol. The van der Waals surface area contributed by atoms with Gasteiger partial charge in [0.15, 0.2) is 26.8 Å². The number of carbonyl (C=O) groups excluding carboxylic acids is 3. The second-order valence-electron chi connectivity index (χ2n) is 15.1. The van der Waals surface area contributed by atoms with Crippen molar-refractivity contribution in [1.29, 1.82) is 5.41 Å². The molecular formula is C42H57Cl3N4O13Si. The van der Waals surface area contributed by atoms with Crippen molar-refractivity contribution in [2.45, 2.75) is 157 Å². The zero-order chi connectivity index (χ0) is 46.2. The quantitative estimate of drug-likeness (QED) is 0.0134. The van der Waals surface area contributed by atoms with E-state index in [0.29, 0.717) is 5.75 Å². The largest absolute Gasteiger partial charge is 0.483 e. The molecule has 2 saturated heterocycles. The maximum Gasteiger partial charge on any atom is 0.338 e. The Morgan fingerprint density at radius 3 is 1.73 bits per heavy atom. The number of benzene rings is 2. The summed E-state index contributed by atoms with van der Waals surface area (Å²) in [6, 6.07) is 17.9. The molecule has 21 heteroatoms. The Kier molecular flexibility index (Phi) is 20.6. The number of alkyl halides is 3. The van der Waals surface area contributed by atoms with Gasteiger partial charge in [0, 0.05) is 18.8 Å². The first-order chi connectivity index (χ1) is 30.1. The highest BCUT2D eigenvalue weighted by Crippen LogP contribution is 2.40. The van der Waals surface area contributed by atoms with Crippen molar-refractivity contribution in [3.05, 3.63) is 71.1 Å². The highest BCUT2D eigenvalue weighted by atomic mass is 35.6. The summed E-state index contributed by atoms with van der Waals surface area (Å²) < 4.78 is 59.8. The Labute approximate surface area is 383 Å². The van der Waals surface area contributed by atoms with Crippen LogP contribution < -0.4 is 9.47 Å². The molecule has 0 saturated carbocycles. The minimum atomic E-state index is -2.70. The maximum absolute atomic E-state index is 13.8. The fraction of sp³-hybridized carbons (Fsp3) is 0.619. The molecule has 2 aliphatic rings. The molecule has 10 atom stereocenters. The molecule has 2 heterocycles. The summed E-state index contributed by atoms with van der Waals surface area (Å²) in [4.78, 5) is 42.7. The molecule has 0 unspecified atom stereocenters. The molecule has 4 rings (SSSR count). The number of carbonyl (C=O) groups is 3. The van der Waals surface area contributed by atoms with E-state index in [1.807, 2.05) is 0 Å². The van der Waals surface area contributed by atoms with Crippen LogP contribution in [0, 0.1) is 5.41 Å². The summed E-state index contributed by atoms with van der Waals surface area (Å²) in [5, 5.41) is 12.4. The van der Waals surface area contributed by atoms with Gasteiger partial charge in [-0.1, -0.05) is 136 Å². The number of esters is 3. The van der Waals surface area contributed by atoms with E-state index in [2.05, 4.69) is 30.8 Å². The van der Waals surface area contributed by atoms with Crippen LogP contribution in [0.15, 0.2) is 65.8 Å². The number of hydrogen-bond donors (Lipinski definition) is 1. The van der Waals surface area contributed by atoms with Gasteiger partial charge in [-0.05, 0) is 47.9 Å². The smallest absolute Gasteiger partial charge is 0.338 e. The topological polar surface area (TPSA) is 216 Å². The van der Waals surface area contributed by atoms with Crippen LogP contribution in [0.25, 0.3) is 10.4 Å². The van der Waals surface area contributed by atoms with Gasteiger partial charge in [-0.25, -0.2) is 4.79 Å². The predicted molar refractivity (Wildman–Crippen MR) is 235 cm³/mol. The van der Waals surface area contributed by atoms with Crippen molar-refractivity contribution in [3.63, 3.8) is 0 Å². The molecule has 63 heavy (non-hydrogen) atoms. The van der Waals surface area contributed by atoms with E-state index < -0.39 is 97.5 Å². The first kappa shape index (κ1) is 51.8. The first-order valence-electron chi connectivity index (χ1n) is 21.0. The van der Waals surface area contributed by atoms with Crippen LogP contribution in [0.5, 0.6) is 11.5 Å². The van der Waals surface area contributed by atoms with Gasteiger partial charge < -0.3 is 47.1 Å². The van der Waals surface area contributed by atoms with Crippen LogP contribution in [0.2, 0.25) is 18.1 Å². The number of nitrogens with zero attached hydrogens (tertiary/aromatic N) is 3. The van der Waals surface area contributed by atoms with Crippen LogP contribution in [0.4, 0.5) is 0 Å². The van der Waals surface area contributed by atoms with E-state index in [0.717, 1.165) is 70.7 Å². The number of para-hydroxylation sites is 2. The summed E-state index contributed by atoms with van der Waals surface area (Å²) in [5.74, 6) is -2.99. The van der Waals surface area contributed by atoms with Gasteiger partial charge in [0.2, 0.25) is 24.6 Å². The van der Waals surface area contributed by atoms with Gasteiger partial charge >= 0.3 is 17.9 Å². The molecule has 2 aliphatic heterocycles. The number of ether oxygens (including phenoxy) is 9. The highest BCUT2D eigenvalue weighted by Gasteiger charge is 2.59. The van der Waals surface area contributed by atoms with Crippen molar-refractivity contribution >= 4 is 66.9 Å². The van der Waals surface area contributed by atoms with Crippen LogP contribution in [0.1, 0.15) is 73.1 Å². The van der Waals surface area contributed by atoms with Gasteiger partial charge in [0.1, 0.15) is 35.9 Å². The molecule has 0 spiro atoms. The molecule has 0 bridgehead atoms. The predicted octanol–water partition coefficient (Wildman–Crippen LogP) is 9.12. The van der Waals surface area contributed by atoms with E-state index in [4.69, 9.17) is 87.3 Å². The Morgan fingerprint density at radius 1 is 0.730 bits per heavy atom. The number of nitrogens with one attached hydrogen (secondary N) is 1. The Bertz CT molecular complexity index is 1810. The summed E-state index contributed by atoms with van der Waals surface area (Å²) in [6.07, 6.45) is -8.66. The summed E-state index contributed by atoms with van der Waals surface area (Å²) in [6.45, 7) is 8.65. The number of halogens is 3. The van der Waals surface area contributed by atoms with Gasteiger partial charge in [0.25, 0.3) is 3.79 Å². The van der Waals surface area contributed by atoms with E-state index in [1.54, 1.807) is 60.7 Å². The van der Waals surface area contributed by atoms with Crippen molar-refractivity contribution in [1.82, 2.24) is 0 Å². The normalized spacial score (nSPS) is 26.0. The van der Waals surface area contributed by atoms with Crippen LogP contribution in [-0.2, 0) is 52.0 Å². The third-order valence-corrected chi connectivity index (χ3v) is 15.4. The SMILES string of the molecule is CCCC[Si](CCCC)(CCCC)O[C@@H]1[C@@H](Oc2ccccc2)O[C@@H](O[C@@H]2[C@H](Oc3ccccc3)[C@@H](OC(C)=O)[C@@H](OC(=N)C(Cl)(Cl)Cl)O[C@@H]2C(=O)OC)[C@H](N=[N+]=[N-])[C@H]1OC(C)=O. The van der Waals surface area contributed by atoms with Gasteiger partial charge in [0.05, 0.1) is 7.11 Å². The average Bonchev–Trinajstić information content (AvgIpc) is 3.25. The van der Waals surface area contributed by atoms with E-state index >= 15 is 0 Å². The molecular weight excluding hydrogens is 903 g/mol. The number of rotatable bonds is 22. The fourth-order valence-electron chi connectivity index (χ4n) is 7.41. The van der Waals surface area contributed by atoms with Crippen LogP contribution in [-0.4, -0.2) is 105 Å². The van der Waals surface area contributed by atoms with Gasteiger partial charge in [-0.3, -0.25) is 15.0 Å². The molecule has 0 aliphatic carbocycles. The van der Waals surface area contributed by atoms with Gasteiger partial charge in [-0.15, -0.1) is 0 Å². The zero-order valence-electron chi connectivity index (χ0n) is 36.2. The second-order valence-corrected chi connectivity index (χ2v) is 21.5. The third kappa shape index (κ3) is 14.8. The van der Waals surface area contributed by atoms with Crippen molar-refractivity contribution in [3.8, 4) is 11.5 Å². The molecule has 0 amide bonds. The number of azide groups is 1. The molecule has 0 radical (unpaired) electrons. The Hall–Kier alpha value is -3.84. The lowest BCUT2D eigenvalue weighted by atomic mass is 9.96. The minimum Gasteiger partial charge on any atom is -0.483 e. The minimum absolute atomic E-state index is 0.203. The summed E-state index contributed by atoms with van der Waals surface area (Å²) >= 11 is 17.9.